The van der Waals surface area contributed by atoms with Crippen LogP contribution in [0.2, 0.25) is 0 Å². The molecule has 0 radical (unpaired) electrons. The predicted molar refractivity (Wildman–Crippen MR) is 258 cm³/mol. The number of hydrogen-bond donors (Lipinski definition) is 5. The quantitative estimate of drug-likeness (QED) is 0.0398. The second-order valence-corrected chi connectivity index (χ2v) is 18.0. The molecule has 2 aliphatic heterocycles. The number of H-pyrrole nitrogens is 1. The van der Waals surface area contributed by atoms with Gasteiger partial charge in [-0.15, -0.1) is 0 Å². The number of nitrogens with zero attached hydrogens (tertiary/aromatic N) is 7. The highest BCUT2D eigenvalue weighted by molar-refractivity contribution is 6.12. The number of carbonyl (C=O) groups is 7. The number of aromatic amines is 1. The number of imide groups is 1. The number of benzene rings is 1. The zero-order valence-electron chi connectivity index (χ0n) is 39.7. The number of rotatable bonds is 22. The molecule has 1 fully saturated rings. The van der Waals surface area contributed by atoms with Gasteiger partial charge in [0.2, 0.25) is 11.8 Å². The number of nitrogens with two attached hydrogens (primary N) is 1. The summed E-state index contributed by atoms with van der Waals surface area (Å²) < 4.78 is 7.56. The Morgan fingerprint density at radius 1 is 0.929 bits per heavy atom. The smallest absolute Gasteiger partial charge is 0.410 e. The number of imidazole rings is 1. The highest BCUT2D eigenvalue weighted by Crippen LogP contribution is 2.36. The maximum Gasteiger partial charge on any atom is 0.410 e. The van der Waals surface area contributed by atoms with Crippen molar-refractivity contribution in [1.29, 1.82) is 0 Å². The highest BCUT2D eigenvalue weighted by atomic mass is 16.6. The van der Waals surface area contributed by atoms with Crippen LogP contribution in [0.4, 0.5) is 15.3 Å². The van der Waals surface area contributed by atoms with Crippen LogP contribution in [0, 0.1) is 18.8 Å². The van der Waals surface area contributed by atoms with Crippen molar-refractivity contribution in [1.82, 2.24) is 50.0 Å². The molecule has 2 aliphatic rings. The van der Waals surface area contributed by atoms with E-state index in [1.165, 1.54) is 18.5 Å². The average Bonchev–Trinajstić information content (AvgIpc) is 4.09. The molecule has 368 valence electrons. The number of amides is 7. The number of anilines is 1. The molecule has 0 aliphatic carbocycles. The second kappa shape index (κ2) is 23.5. The number of likely N-dealkylation sites (tertiary alicyclic amines) is 1. The van der Waals surface area contributed by atoms with E-state index >= 15 is 0 Å². The molecule has 3 atom stereocenters. The van der Waals surface area contributed by atoms with Crippen LogP contribution in [0.15, 0.2) is 79.3 Å². The Bertz CT molecular complexity index is 2710. The van der Waals surface area contributed by atoms with E-state index in [2.05, 4.69) is 31.0 Å². The summed E-state index contributed by atoms with van der Waals surface area (Å²) in [5.74, 6) is -2.17. The van der Waals surface area contributed by atoms with Crippen LogP contribution in [0.1, 0.15) is 101 Å². The first-order valence-corrected chi connectivity index (χ1v) is 23.8. The number of nitrogens with one attached hydrogen (secondary N) is 4. The molecule has 0 spiro atoms. The minimum absolute atomic E-state index is 0.0271. The fraction of sp³-hybridized carbons (Fsp3) is 0.420. The van der Waals surface area contributed by atoms with Crippen molar-refractivity contribution in [3.05, 3.63) is 96.4 Å². The van der Waals surface area contributed by atoms with Crippen molar-refractivity contribution < 1.29 is 38.3 Å². The lowest BCUT2D eigenvalue weighted by Crippen LogP contribution is -2.45. The van der Waals surface area contributed by atoms with Gasteiger partial charge in [0.15, 0.2) is 11.4 Å². The van der Waals surface area contributed by atoms with E-state index < -0.39 is 30.0 Å². The van der Waals surface area contributed by atoms with Crippen LogP contribution in [0.3, 0.4) is 0 Å². The molecule has 0 saturated carbocycles. The lowest BCUT2D eigenvalue weighted by Gasteiger charge is -2.33. The zero-order chi connectivity index (χ0) is 49.7. The number of pyridine rings is 2. The number of aromatic nitrogens is 6. The minimum Gasteiger partial charge on any atom is -0.445 e. The Hall–Kier alpha value is -7.77. The van der Waals surface area contributed by atoms with Crippen molar-refractivity contribution >= 4 is 52.9 Å². The number of Topliss-reactive ketones (excluding diaryl/α,β-unsaturated/α-hetero) is 1. The molecule has 70 heavy (non-hydrogen) atoms. The Morgan fingerprint density at radius 2 is 1.71 bits per heavy atom. The summed E-state index contributed by atoms with van der Waals surface area (Å²) in [7, 11) is 0. The molecule has 20 nitrogen and oxygen atoms in total. The minimum atomic E-state index is -0.842. The third kappa shape index (κ3) is 13.1. The van der Waals surface area contributed by atoms with Gasteiger partial charge < -0.3 is 31.4 Å². The summed E-state index contributed by atoms with van der Waals surface area (Å²) >= 11 is 0. The van der Waals surface area contributed by atoms with E-state index in [9.17, 15) is 33.6 Å². The maximum atomic E-state index is 13.8. The summed E-state index contributed by atoms with van der Waals surface area (Å²) in [6.45, 7) is 6.48. The summed E-state index contributed by atoms with van der Waals surface area (Å²) in [4.78, 5) is 110. The first-order valence-electron chi connectivity index (χ1n) is 23.8. The van der Waals surface area contributed by atoms with Gasteiger partial charge in [0.25, 0.3) is 11.8 Å². The molecule has 20 heteroatoms. The van der Waals surface area contributed by atoms with Gasteiger partial charge in [-0.25, -0.2) is 24.1 Å². The molecule has 5 aromatic rings. The van der Waals surface area contributed by atoms with E-state index in [0.717, 1.165) is 34.7 Å². The van der Waals surface area contributed by atoms with Gasteiger partial charge in [-0.3, -0.25) is 38.8 Å². The topological polar surface area (TPSA) is 269 Å². The molecule has 0 bridgehead atoms. The van der Waals surface area contributed by atoms with Crippen LogP contribution in [0.5, 0.6) is 0 Å². The third-order valence-corrected chi connectivity index (χ3v) is 12.4. The number of primary amides is 1. The number of fused-ring (bicyclic) bond motifs is 1. The van der Waals surface area contributed by atoms with Gasteiger partial charge in [-0.2, -0.15) is 5.10 Å². The molecular formula is C50H60N12O8. The number of aryl methyl sites for hydroxylation is 1. The monoisotopic (exact) mass is 956 g/mol. The van der Waals surface area contributed by atoms with Gasteiger partial charge in [0, 0.05) is 73.7 Å². The third-order valence-electron chi connectivity index (χ3n) is 12.4. The zero-order valence-corrected chi connectivity index (χ0v) is 39.7. The SMILES string of the molecule is Cc1cccc(-c2[nH]c(C3CCCCN3C(=O)OCc3ccc(NC(=O)[C@H](CCCNC(N)=O)CC(=O)[C@@H](NC(=O)CCCCCN4C(=O)C=CC4=O)C(C)C)cc3)nc2-c2ccc3ncnn3c2)n1. The standard InChI is InChI=1S/C50H60N12O8/c1-31(2)44(57-41(64)15-5-4-7-26-61-42(65)22-23-43(61)66)39(63)27-34(12-10-24-52-49(51)68)48(67)56-36-19-16-33(17-20-36)29-70-50(69)60-25-8-6-14-38(60)47-58-45(35-18-21-40-53-30-54-62(40)28-35)46(59-47)37-13-9-11-32(3)55-37/h9,11,13,16-23,28,30-31,34,38,44H,4-8,10,12,14-15,24-27,29H2,1-3H3,(H,56,67)(H,57,64)(H,58,59)(H3,51,52,68)/t34-,38?,44+/m1/s1. The number of carbonyl (C=O) groups excluding carboxylic acids is 7. The van der Waals surface area contributed by atoms with Crippen molar-refractivity contribution in [3.63, 3.8) is 0 Å². The molecule has 7 amide bonds. The molecule has 4 aromatic heterocycles. The number of ether oxygens (including phenoxy) is 1. The van der Waals surface area contributed by atoms with E-state index in [4.69, 9.17) is 20.4 Å². The Morgan fingerprint density at radius 3 is 2.46 bits per heavy atom. The molecule has 6 heterocycles. The van der Waals surface area contributed by atoms with Crippen molar-refractivity contribution in [2.45, 2.75) is 104 Å². The fourth-order valence-electron chi connectivity index (χ4n) is 8.68. The lowest BCUT2D eigenvalue weighted by atomic mass is 9.89. The predicted octanol–water partition coefficient (Wildman–Crippen LogP) is 5.94. The maximum absolute atomic E-state index is 13.8. The van der Waals surface area contributed by atoms with Gasteiger partial charge in [-0.1, -0.05) is 38.5 Å². The summed E-state index contributed by atoms with van der Waals surface area (Å²) in [5.41, 5.74) is 10.8. The van der Waals surface area contributed by atoms with Gasteiger partial charge in [0.05, 0.1) is 29.2 Å². The van der Waals surface area contributed by atoms with Crippen molar-refractivity contribution in [2.75, 3.05) is 25.0 Å². The van der Waals surface area contributed by atoms with E-state index in [-0.39, 0.29) is 74.4 Å². The van der Waals surface area contributed by atoms with Crippen molar-refractivity contribution in [3.8, 4) is 22.6 Å². The fourth-order valence-corrected chi connectivity index (χ4v) is 8.68. The normalized spacial score (nSPS) is 15.6. The number of hydrogen-bond acceptors (Lipinski definition) is 12. The average molecular weight is 957 g/mol. The molecule has 1 aromatic carbocycles. The van der Waals surface area contributed by atoms with Crippen molar-refractivity contribution in [2.24, 2.45) is 17.6 Å². The Balaban J connectivity index is 0.949. The molecule has 1 saturated heterocycles. The second-order valence-electron chi connectivity index (χ2n) is 18.0. The number of ketones is 1. The van der Waals surface area contributed by atoms with Crippen LogP contribution in [-0.4, -0.2) is 107 Å². The molecular weight excluding hydrogens is 897 g/mol. The lowest BCUT2D eigenvalue weighted by molar-refractivity contribution is -0.137. The largest absolute Gasteiger partial charge is 0.445 e. The summed E-state index contributed by atoms with van der Waals surface area (Å²) in [5, 5.41) is 12.6. The first kappa shape index (κ1) is 50.1. The van der Waals surface area contributed by atoms with Crippen LogP contribution < -0.4 is 21.7 Å². The van der Waals surface area contributed by atoms with Crippen LogP contribution >= 0.6 is 0 Å². The number of urea groups is 1. The summed E-state index contributed by atoms with van der Waals surface area (Å²) in [6.07, 6.45) is 9.96. The van der Waals surface area contributed by atoms with E-state index in [0.29, 0.717) is 72.8 Å². The Labute approximate surface area is 405 Å². The molecule has 7 rings (SSSR count). The molecule has 6 N–H and O–H groups in total. The van der Waals surface area contributed by atoms with Gasteiger partial charge in [-0.05, 0) is 99.7 Å². The van der Waals surface area contributed by atoms with Gasteiger partial charge >= 0.3 is 12.1 Å². The first-order chi connectivity index (χ1) is 33.7. The highest BCUT2D eigenvalue weighted by Gasteiger charge is 2.33. The van der Waals surface area contributed by atoms with Gasteiger partial charge in [0.1, 0.15) is 18.8 Å². The number of unbranched alkanes of at least 4 members (excludes halogenated alkanes) is 2. The van der Waals surface area contributed by atoms with E-state index in [1.54, 1.807) is 33.7 Å². The van der Waals surface area contributed by atoms with Crippen LogP contribution in [-0.2, 0) is 35.3 Å². The Kier molecular flexibility index (Phi) is 16.8. The van der Waals surface area contributed by atoms with Crippen LogP contribution in [0.25, 0.3) is 28.3 Å². The van der Waals surface area contributed by atoms with E-state index in [1.807, 2.05) is 57.3 Å². The summed E-state index contributed by atoms with van der Waals surface area (Å²) in [6, 6.07) is 14.5. The number of piperidine rings is 1. The molecule has 1 unspecified atom stereocenters.